The molecule has 0 spiro atoms. The third-order valence-electron chi connectivity index (χ3n) is 7.94. The van der Waals surface area contributed by atoms with Gasteiger partial charge in [-0.05, 0) is 59.7 Å². The highest BCUT2D eigenvalue weighted by atomic mass is 32.2. The van der Waals surface area contributed by atoms with E-state index in [1.54, 1.807) is 0 Å². The fourth-order valence-electron chi connectivity index (χ4n) is 6.32. The first kappa shape index (κ1) is 21.1. The molecule has 0 radical (unpaired) electrons. The number of fused-ring (bicyclic) bond motifs is 10. The minimum atomic E-state index is -0.265. The van der Waals surface area contributed by atoms with Gasteiger partial charge in [0, 0.05) is 33.2 Å². The molecule has 4 unspecified atom stereocenters. The minimum absolute atomic E-state index is 0.0175. The van der Waals surface area contributed by atoms with E-state index in [0.29, 0.717) is 0 Å². The summed E-state index contributed by atoms with van der Waals surface area (Å²) in [4.78, 5) is 42.6. The maximum absolute atomic E-state index is 12.8. The van der Waals surface area contributed by atoms with Gasteiger partial charge >= 0.3 is 0 Å². The average molecular weight is 531 g/mol. The zero-order valence-corrected chi connectivity index (χ0v) is 21.4. The zero-order chi connectivity index (χ0) is 25.1. The number of allylic oxidation sites excluding steroid dienone is 4. The molecule has 6 nitrogen and oxygen atoms in total. The summed E-state index contributed by atoms with van der Waals surface area (Å²) in [6.07, 6.45) is 8.31. The lowest BCUT2D eigenvalue weighted by molar-refractivity contribution is -0.112. The van der Waals surface area contributed by atoms with E-state index in [4.69, 9.17) is 9.97 Å². The smallest absolute Gasteiger partial charge is 0.201 e. The highest BCUT2D eigenvalue weighted by molar-refractivity contribution is 8.15. The molecule has 2 aliphatic carbocycles. The van der Waals surface area contributed by atoms with Crippen molar-refractivity contribution in [1.82, 2.24) is 19.9 Å². The largest absolute Gasteiger partial charge is 0.355 e. The number of hydrogen-bond donors (Lipinski definition) is 2. The van der Waals surface area contributed by atoms with E-state index in [-0.39, 0.29) is 32.6 Å². The summed E-state index contributed by atoms with van der Waals surface area (Å²) in [7, 11) is 0. The molecule has 11 rings (SSSR count). The molecule has 9 heterocycles. The van der Waals surface area contributed by atoms with Crippen molar-refractivity contribution in [2.75, 3.05) is 0 Å². The van der Waals surface area contributed by atoms with Gasteiger partial charge in [0.15, 0.2) is 0 Å². The van der Waals surface area contributed by atoms with Crippen LogP contribution in [0.4, 0.5) is 0 Å². The Labute approximate surface area is 225 Å². The normalized spacial score (nSPS) is 26.4. The summed E-state index contributed by atoms with van der Waals surface area (Å²) in [6.45, 7) is 0. The average Bonchev–Trinajstić information content (AvgIpc) is 3.69. The Hall–Kier alpha value is -3.88. The number of H-pyrrole nitrogens is 2. The molecule has 8 heteroatoms. The number of aromatic nitrogens is 4. The molecule has 0 aromatic carbocycles. The number of aromatic amines is 2. The highest BCUT2D eigenvalue weighted by Gasteiger charge is 2.43. The second-order valence-electron chi connectivity index (χ2n) is 10.2. The van der Waals surface area contributed by atoms with Crippen molar-refractivity contribution >= 4 is 78.1 Å². The van der Waals surface area contributed by atoms with Gasteiger partial charge in [-0.15, -0.1) is 0 Å². The van der Waals surface area contributed by atoms with E-state index in [1.807, 2.05) is 48.6 Å². The fourth-order valence-corrected chi connectivity index (χ4v) is 8.58. The molecular weight excluding hydrogens is 512 g/mol. The zero-order valence-electron chi connectivity index (χ0n) is 19.8. The second-order valence-corrected chi connectivity index (χ2v) is 12.5. The molecule has 0 amide bonds. The SMILES string of the molecule is O=C1SC2C=CC1C1=C2c2cc3ccc(cc4nc(cc5ccc(cc1n2)[nH]5)C1=C4C2C=CC1SC2=O)[nH]3. The van der Waals surface area contributed by atoms with Crippen LogP contribution in [0.1, 0.15) is 22.8 Å². The van der Waals surface area contributed by atoms with Crippen molar-refractivity contribution in [3.63, 3.8) is 0 Å². The molecule has 3 aromatic heterocycles. The Morgan fingerprint density at radius 2 is 0.895 bits per heavy atom. The first-order valence-corrected chi connectivity index (χ1v) is 14.3. The van der Waals surface area contributed by atoms with Crippen LogP contribution >= 0.6 is 23.5 Å². The van der Waals surface area contributed by atoms with E-state index < -0.39 is 0 Å². The van der Waals surface area contributed by atoms with Gasteiger partial charge < -0.3 is 9.97 Å². The Morgan fingerprint density at radius 1 is 0.526 bits per heavy atom. The van der Waals surface area contributed by atoms with Gasteiger partial charge in [-0.3, -0.25) is 9.59 Å². The molecule has 182 valence electrons. The van der Waals surface area contributed by atoms with Gasteiger partial charge in [0.05, 0.1) is 45.1 Å². The third kappa shape index (κ3) is 2.87. The van der Waals surface area contributed by atoms with Gasteiger partial charge in [0.25, 0.3) is 0 Å². The third-order valence-corrected chi connectivity index (χ3v) is 10.2. The van der Waals surface area contributed by atoms with E-state index in [2.05, 4.69) is 34.3 Å². The van der Waals surface area contributed by atoms with Crippen LogP contribution in [0.15, 0.2) is 72.8 Å². The maximum Gasteiger partial charge on any atom is 0.201 e. The van der Waals surface area contributed by atoms with Crippen LogP contribution in [0.25, 0.3) is 44.4 Å². The molecule has 0 saturated heterocycles. The second kappa shape index (κ2) is 7.36. The number of rotatable bonds is 0. The van der Waals surface area contributed by atoms with Gasteiger partial charge in [-0.1, -0.05) is 47.8 Å². The standard InChI is InChI=1S/C30H18N4O2S2/c35-29-17-5-7-24(38-29)28-22-12-16-4-2-14(32-16)10-20-26-18-6-8-23(37-30(18)36)27(26)21(34-20)11-15-3-1-13(31-15)9-19(33-22)25(17)28/h1-12,17-18,23-24,31-32H. The highest BCUT2D eigenvalue weighted by Crippen LogP contribution is 2.52. The van der Waals surface area contributed by atoms with Gasteiger partial charge in [0.2, 0.25) is 10.2 Å². The van der Waals surface area contributed by atoms with Crippen molar-refractivity contribution in [3.05, 3.63) is 95.6 Å². The molecule has 0 saturated carbocycles. The van der Waals surface area contributed by atoms with Crippen molar-refractivity contribution in [1.29, 1.82) is 0 Å². The van der Waals surface area contributed by atoms with Gasteiger partial charge in [-0.25, -0.2) is 9.97 Å². The van der Waals surface area contributed by atoms with Crippen LogP contribution in [0, 0.1) is 11.8 Å². The van der Waals surface area contributed by atoms with Gasteiger partial charge in [-0.2, -0.15) is 0 Å². The summed E-state index contributed by atoms with van der Waals surface area (Å²) in [5.74, 6) is -0.531. The summed E-state index contributed by atoms with van der Waals surface area (Å²) < 4.78 is 0. The lowest BCUT2D eigenvalue weighted by Gasteiger charge is -2.30. The monoisotopic (exact) mass is 530 g/mol. The number of carbonyl (C=O) groups is 2. The number of thioether (sulfide) groups is 2. The molecule has 3 aromatic rings. The maximum atomic E-state index is 12.8. The molecule has 12 bridgehead atoms. The van der Waals surface area contributed by atoms with Crippen LogP contribution in [0.3, 0.4) is 0 Å². The first-order valence-electron chi connectivity index (χ1n) is 12.5. The number of hydrogen-bond acceptors (Lipinski definition) is 6. The van der Waals surface area contributed by atoms with Crippen LogP contribution in [-0.4, -0.2) is 40.7 Å². The molecule has 8 aliphatic rings. The Bertz CT molecular complexity index is 1820. The van der Waals surface area contributed by atoms with Crippen LogP contribution in [-0.2, 0) is 9.59 Å². The van der Waals surface area contributed by atoms with Crippen molar-refractivity contribution in [2.45, 2.75) is 10.5 Å². The van der Waals surface area contributed by atoms with Crippen LogP contribution < -0.4 is 0 Å². The number of nitrogens with one attached hydrogen (secondary N) is 2. The summed E-state index contributed by atoms with van der Waals surface area (Å²) in [6, 6.07) is 16.4. The van der Waals surface area contributed by atoms with E-state index in [9.17, 15) is 9.59 Å². The number of nitrogens with zero attached hydrogens (tertiary/aromatic N) is 2. The van der Waals surface area contributed by atoms with E-state index in [0.717, 1.165) is 67.1 Å². The molecule has 38 heavy (non-hydrogen) atoms. The Kier molecular flexibility index (Phi) is 4.09. The molecule has 0 fully saturated rings. The van der Waals surface area contributed by atoms with Gasteiger partial charge in [0.1, 0.15) is 0 Å². The van der Waals surface area contributed by atoms with Crippen molar-refractivity contribution in [2.24, 2.45) is 11.8 Å². The Morgan fingerprint density at radius 3 is 1.26 bits per heavy atom. The summed E-state index contributed by atoms with van der Waals surface area (Å²) in [5.41, 5.74) is 11.5. The molecular formula is C30H18N4O2S2. The lowest BCUT2D eigenvalue weighted by atomic mass is 9.86. The predicted octanol–water partition coefficient (Wildman–Crippen LogP) is 5.79. The van der Waals surface area contributed by atoms with Crippen LogP contribution in [0.5, 0.6) is 0 Å². The fraction of sp³-hybridized carbons (Fsp3) is 0.133. The Balaban J connectivity index is 1.34. The lowest BCUT2D eigenvalue weighted by Crippen LogP contribution is -2.26. The minimum Gasteiger partial charge on any atom is -0.355 e. The summed E-state index contributed by atoms with van der Waals surface area (Å²) >= 11 is 2.78. The quantitative estimate of drug-likeness (QED) is 0.358. The van der Waals surface area contributed by atoms with Crippen molar-refractivity contribution in [3.8, 4) is 0 Å². The number of carbonyl (C=O) groups excluding carboxylic acids is 2. The molecule has 6 aliphatic heterocycles. The van der Waals surface area contributed by atoms with E-state index in [1.165, 1.54) is 23.5 Å². The molecule has 4 atom stereocenters. The summed E-state index contributed by atoms with van der Waals surface area (Å²) in [5, 5.41) is 0.334. The predicted molar refractivity (Wildman–Crippen MR) is 153 cm³/mol. The topological polar surface area (TPSA) is 91.5 Å². The van der Waals surface area contributed by atoms with Crippen LogP contribution in [0.2, 0.25) is 0 Å². The first-order chi connectivity index (χ1) is 18.6. The van der Waals surface area contributed by atoms with E-state index >= 15 is 0 Å². The molecule has 2 N–H and O–H groups in total. The van der Waals surface area contributed by atoms with Crippen molar-refractivity contribution < 1.29 is 9.59 Å².